The van der Waals surface area contributed by atoms with E-state index < -0.39 is 33.4 Å². The molecule has 0 radical (unpaired) electrons. The molecule has 11 heteroatoms. The number of nitro benzene ring substituents is 1. The third kappa shape index (κ3) is 7.11. The van der Waals surface area contributed by atoms with Crippen molar-refractivity contribution < 1.29 is 27.7 Å². The van der Waals surface area contributed by atoms with Gasteiger partial charge >= 0.3 is 5.97 Å². The van der Waals surface area contributed by atoms with Gasteiger partial charge in [0.15, 0.2) is 6.61 Å². The fraction of sp³-hybridized carbons (Fsp3) is 0.158. The molecule has 1 amide bonds. The molecular formula is C19H19N3O7S. The van der Waals surface area contributed by atoms with E-state index in [2.05, 4.69) is 5.32 Å². The molecule has 0 unspecified atom stereocenters. The molecule has 2 aromatic carbocycles. The average molecular weight is 433 g/mol. The average Bonchev–Trinajstić information content (AvgIpc) is 2.70. The van der Waals surface area contributed by atoms with Crippen LogP contribution in [0.4, 0.5) is 5.69 Å². The first-order valence-corrected chi connectivity index (χ1v) is 10.2. The Hall–Kier alpha value is -3.57. The lowest BCUT2D eigenvalue weighted by Gasteiger charge is -2.06. The molecular weight excluding hydrogens is 414 g/mol. The van der Waals surface area contributed by atoms with Crippen molar-refractivity contribution >= 4 is 33.7 Å². The molecule has 0 bridgehead atoms. The number of benzene rings is 2. The quantitative estimate of drug-likeness (QED) is 0.260. The number of amides is 1. The highest BCUT2D eigenvalue weighted by atomic mass is 32.2. The van der Waals surface area contributed by atoms with Crippen LogP contribution in [0.25, 0.3) is 6.08 Å². The zero-order chi connectivity index (χ0) is 22.1. The van der Waals surface area contributed by atoms with E-state index in [1.54, 1.807) is 18.2 Å². The normalized spacial score (nSPS) is 11.2. The van der Waals surface area contributed by atoms with Gasteiger partial charge in [0.1, 0.15) is 0 Å². The first kappa shape index (κ1) is 22.7. The largest absolute Gasteiger partial charge is 0.452 e. The van der Waals surface area contributed by atoms with Gasteiger partial charge in [0, 0.05) is 18.7 Å². The number of para-hydroxylation sites is 1. The number of nitrogens with zero attached hydrogens (tertiary/aromatic N) is 1. The number of carbonyl (C=O) groups excluding carboxylic acids is 2. The molecule has 0 saturated carbocycles. The van der Waals surface area contributed by atoms with Crippen molar-refractivity contribution in [1.82, 2.24) is 5.32 Å². The van der Waals surface area contributed by atoms with Gasteiger partial charge in [-0.1, -0.05) is 24.3 Å². The van der Waals surface area contributed by atoms with Crippen LogP contribution in [0.2, 0.25) is 0 Å². The maximum absolute atomic E-state index is 11.7. The van der Waals surface area contributed by atoms with Gasteiger partial charge in [-0.05, 0) is 36.3 Å². The van der Waals surface area contributed by atoms with Crippen LogP contribution in [0.3, 0.4) is 0 Å². The van der Waals surface area contributed by atoms with Gasteiger partial charge in [-0.25, -0.2) is 18.4 Å². The van der Waals surface area contributed by atoms with Gasteiger partial charge in [-0.15, -0.1) is 0 Å². The molecule has 0 heterocycles. The summed E-state index contributed by atoms with van der Waals surface area (Å²) >= 11 is 0. The number of sulfonamides is 1. The summed E-state index contributed by atoms with van der Waals surface area (Å²) in [6.07, 6.45) is 2.67. The van der Waals surface area contributed by atoms with Crippen LogP contribution in [0.15, 0.2) is 59.5 Å². The molecule has 0 aliphatic carbocycles. The van der Waals surface area contributed by atoms with Crippen molar-refractivity contribution in [1.29, 1.82) is 0 Å². The van der Waals surface area contributed by atoms with E-state index in [9.17, 15) is 28.1 Å². The molecule has 0 atom stereocenters. The summed E-state index contributed by atoms with van der Waals surface area (Å²) in [5.41, 5.74) is 0.862. The van der Waals surface area contributed by atoms with Crippen LogP contribution >= 0.6 is 0 Å². The topological polar surface area (TPSA) is 159 Å². The molecule has 0 saturated heterocycles. The van der Waals surface area contributed by atoms with Crippen molar-refractivity contribution in [3.8, 4) is 0 Å². The molecule has 3 N–H and O–H groups in total. The third-order valence-corrected chi connectivity index (χ3v) is 4.79. The molecule has 0 fully saturated rings. The zero-order valence-corrected chi connectivity index (χ0v) is 16.5. The Bertz CT molecular complexity index is 1060. The molecule has 10 nitrogen and oxygen atoms in total. The highest BCUT2D eigenvalue weighted by Gasteiger charge is 2.11. The molecule has 0 aliphatic heterocycles. The fourth-order valence-corrected chi connectivity index (χ4v) is 2.90. The van der Waals surface area contributed by atoms with E-state index in [0.29, 0.717) is 6.42 Å². The number of hydrogen-bond acceptors (Lipinski definition) is 7. The minimum Gasteiger partial charge on any atom is -0.452 e. The van der Waals surface area contributed by atoms with Crippen molar-refractivity contribution in [3.05, 3.63) is 75.8 Å². The first-order chi connectivity index (χ1) is 14.2. The summed E-state index contributed by atoms with van der Waals surface area (Å²) in [6, 6.07) is 11.8. The number of nitro groups is 1. The number of rotatable bonds is 9. The van der Waals surface area contributed by atoms with Gasteiger partial charge in [-0.2, -0.15) is 0 Å². The molecule has 2 rings (SSSR count). The lowest BCUT2D eigenvalue weighted by atomic mass is 10.1. The predicted molar refractivity (Wildman–Crippen MR) is 108 cm³/mol. The number of ether oxygens (including phenoxy) is 1. The Balaban J connectivity index is 1.75. The zero-order valence-electron chi connectivity index (χ0n) is 15.7. The lowest BCUT2D eigenvalue weighted by molar-refractivity contribution is -0.385. The van der Waals surface area contributed by atoms with Gasteiger partial charge in [0.25, 0.3) is 11.6 Å². The number of primary sulfonamides is 1. The van der Waals surface area contributed by atoms with Gasteiger partial charge in [-0.3, -0.25) is 14.9 Å². The van der Waals surface area contributed by atoms with Crippen LogP contribution in [0.1, 0.15) is 11.1 Å². The second-order valence-electron chi connectivity index (χ2n) is 6.05. The predicted octanol–water partition coefficient (Wildman–Crippen LogP) is 1.16. The minimum absolute atomic E-state index is 0.00362. The van der Waals surface area contributed by atoms with E-state index in [0.717, 1.165) is 11.6 Å². The van der Waals surface area contributed by atoms with Crippen molar-refractivity contribution in [2.24, 2.45) is 5.14 Å². The standard InChI is InChI=1S/C19H19N3O7S/c20-30(27,28)16-8-5-14(6-9-16)11-12-21-18(23)13-29-19(24)10-7-15-3-1-2-4-17(15)22(25)26/h1-10H,11-13H2,(H,21,23)(H2,20,27,28)/b10-7+. The smallest absolute Gasteiger partial charge is 0.331 e. The van der Waals surface area contributed by atoms with Crippen LogP contribution in [0, 0.1) is 10.1 Å². The fourth-order valence-electron chi connectivity index (χ4n) is 2.38. The lowest BCUT2D eigenvalue weighted by Crippen LogP contribution is -2.30. The van der Waals surface area contributed by atoms with Crippen LogP contribution in [-0.4, -0.2) is 38.4 Å². The Morgan fingerprint density at radius 2 is 1.80 bits per heavy atom. The summed E-state index contributed by atoms with van der Waals surface area (Å²) in [5.74, 6) is -1.34. The van der Waals surface area contributed by atoms with E-state index >= 15 is 0 Å². The summed E-state index contributed by atoms with van der Waals surface area (Å²) in [7, 11) is -3.76. The van der Waals surface area contributed by atoms with Crippen LogP contribution in [-0.2, 0) is 30.8 Å². The maximum Gasteiger partial charge on any atom is 0.331 e. The second kappa shape index (κ2) is 10.3. The summed E-state index contributed by atoms with van der Waals surface area (Å²) in [5, 5.41) is 18.5. The summed E-state index contributed by atoms with van der Waals surface area (Å²) in [4.78, 5) is 33.8. The number of nitrogens with two attached hydrogens (primary N) is 1. The Morgan fingerprint density at radius 3 is 2.43 bits per heavy atom. The summed E-state index contributed by atoms with van der Waals surface area (Å²) in [6.45, 7) is -0.262. The Kier molecular flexibility index (Phi) is 7.78. The van der Waals surface area contributed by atoms with E-state index in [1.165, 1.54) is 36.4 Å². The van der Waals surface area contributed by atoms with Crippen LogP contribution < -0.4 is 10.5 Å². The Labute approximate surface area is 172 Å². The molecule has 158 valence electrons. The van der Waals surface area contributed by atoms with Gasteiger partial charge in [0.05, 0.1) is 15.4 Å². The number of esters is 1. The first-order valence-electron chi connectivity index (χ1n) is 8.63. The van der Waals surface area contributed by atoms with Gasteiger partial charge < -0.3 is 10.1 Å². The van der Waals surface area contributed by atoms with E-state index in [1.807, 2.05) is 0 Å². The summed E-state index contributed by atoms with van der Waals surface area (Å²) < 4.78 is 27.2. The molecule has 0 aliphatic rings. The Morgan fingerprint density at radius 1 is 1.13 bits per heavy atom. The van der Waals surface area contributed by atoms with Gasteiger partial charge in [0.2, 0.25) is 10.0 Å². The molecule has 30 heavy (non-hydrogen) atoms. The van der Waals surface area contributed by atoms with E-state index in [4.69, 9.17) is 9.88 Å². The van der Waals surface area contributed by atoms with Crippen molar-refractivity contribution in [2.45, 2.75) is 11.3 Å². The molecule has 0 aromatic heterocycles. The minimum atomic E-state index is -3.76. The molecule has 0 spiro atoms. The van der Waals surface area contributed by atoms with E-state index in [-0.39, 0.29) is 22.7 Å². The van der Waals surface area contributed by atoms with Crippen molar-refractivity contribution in [2.75, 3.05) is 13.2 Å². The highest BCUT2D eigenvalue weighted by Crippen LogP contribution is 2.18. The monoisotopic (exact) mass is 433 g/mol. The van der Waals surface area contributed by atoms with Crippen molar-refractivity contribution in [3.63, 3.8) is 0 Å². The number of nitrogens with one attached hydrogen (secondary N) is 1. The van der Waals surface area contributed by atoms with Crippen LogP contribution in [0.5, 0.6) is 0 Å². The second-order valence-corrected chi connectivity index (χ2v) is 7.61. The molecule has 2 aromatic rings. The SMILES string of the molecule is NS(=O)(=O)c1ccc(CCNC(=O)COC(=O)/C=C/c2ccccc2[N+](=O)[O-])cc1. The highest BCUT2D eigenvalue weighted by molar-refractivity contribution is 7.89. The number of hydrogen-bond donors (Lipinski definition) is 2. The maximum atomic E-state index is 11.7. The number of carbonyl (C=O) groups is 2. The third-order valence-electron chi connectivity index (χ3n) is 3.87.